The summed E-state index contributed by atoms with van der Waals surface area (Å²) in [5, 5.41) is 0.441. The minimum atomic E-state index is -1.85. The molecule has 6 atom stereocenters. The lowest BCUT2D eigenvalue weighted by Crippen LogP contribution is -2.48. The van der Waals surface area contributed by atoms with E-state index in [1.807, 2.05) is 0 Å². The Balaban J connectivity index is 1.86. The van der Waals surface area contributed by atoms with E-state index < -0.39 is 16.6 Å². The van der Waals surface area contributed by atoms with E-state index in [2.05, 4.69) is 93.7 Å². The van der Waals surface area contributed by atoms with Crippen LogP contribution < -0.4 is 5.73 Å². The van der Waals surface area contributed by atoms with Crippen molar-refractivity contribution >= 4 is 16.6 Å². The maximum atomic E-state index is 7.03. The minimum absolute atomic E-state index is 0.221. The van der Waals surface area contributed by atoms with Gasteiger partial charge < -0.3 is 14.6 Å². The van der Waals surface area contributed by atoms with Gasteiger partial charge in [0.15, 0.2) is 16.6 Å². The van der Waals surface area contributed by atoms with Gasteiger partial charge in [0.05, 0.1) is 12.2 Å². The van der Waals surface area contributed by atoms with Crippen LogP contribution in [-0.4, -0.2) is 35.4 Å². The smallest absolute Gasteiger partial charge is 0.192 e. The zero-order valence-corrected chi connectivity index (χ0v) is 29.3. The molecule has 3 rings (SSSR count). The Bertz CT molecular complexity index is 840. The van der Waals surface area contributed by atoms with Crippen LogP contribution in [0.25, 0.3) is 0 Å². The summed E-state index contributed by atoms with van der Waals surface area (Å²) in [6.45, 7) is 29.5. The molecule has 3 aliphatic rings. The SMILES string of the molecule is C[C@H](CN)[C@H]1CCC2/C(=C/C=C3C[C@@H](O[Si](C)(C)C(C)(C)C)C[C@H](O[Si](C)(C)C(C)(C)C)C3)CCC[C@@]21C. The van der Waals surface area contributed by atoms with Crippen molar-refractivity contribution < 1.29 is 8.85 Å². The lowest BCUT2D eigenvalue weighted by molar-refractivity contribution is 0.0725. The van der Waals surface area contributed by atoms with E-state index in [1.54, 1.807) is 5.57 Å². The molecule has 0 radical (unpaired) electrons. The van der Waals surface area contributed by atoms with Gasteiger partial charge in [0.25, 0.3) is 0 Å². The molecule has 38 heavy (non-hydrogen) atoms. The van der Waals surface area contributed by atoms with Crippen molar-refractivity contribution in [2.75, 3.05) is 6.54 Å². The fourth-order valence-corrected chi connectivity index (χ4v) is 9.97. The highest BCUT2D eigenvalue weighted by molar-refractivity contribution is 6.74. The third-order valence-electron chi connectivity index (χ3n) is 11.7. The van der Waals surface area contributed by atoms with Crippen molar-refractivity contribution in [2.24, 2.45) is 28.9 Å². The summed E-state index contributed by atoms with van der Waals surface area (Å²) >= 11 is 0. The van der Waals surface area contributed by atoms with Crippen LogP contribution in [0.5, 0.6) is 0 Å². The topological polar surface area (TPSA) is 44.5 Å². The van der Waals surface area contributed by atoms with Crippen LogP contribution in [0.1, 0.15) is 107 Å². The molecule has 5 heteroatoms. The van der Waals surface area contributed by atoms with E-state index in [4.69, 9.17) is 14.6 Å². The summed E-state index contributed by atoms with van der Waals surface area (Å²) in [5.41, 5.74) is 9.81. The minimum Gasteiger partial charge on any atom is -0.414 e. The lowest BCUT2D eigenvalue weighted by Gasteiger charge is -2.45. The van der Waals surface area contributed by atoms with Gasteiger partial charge in [-0.15, -0.1) is 0 Å². The quantitative estimate of drug-likeness (QED) is 0.315. The standard InChI is InChI=1S/C33H63NO2Si2/c1-24(23-34)29-17-18-30-26(14-13-19-33(29,30)8)16-15-25-20-27(35-37(9,10)31(2,3)4)22-28(21-25)36-38(11,12)32(5,6)7/h15-16,24,27-30H,13-14,17-23,34H2,1-12H3/b26-16+/t24-,27-,28-,29-,30?,33-/m1/s1. The Morgan fingerprint density at radius 3 is 1.92 bits per heavy atom. The van der Waals surface area contributed by atoms with Crippen LogP contribution in [0.15, 0.2) is 23.3 Å². The number of hydrogen-bond acceptors (Lipinski definition) is 3. The van der Waals surface area contributed by atoms with Crippen molar-refractivity contribution in [3.63, 3.8) is 0 Å². The summed E-state index contributed by atoms with van der Waals surface area (Å²) in [6.07, 6.45) is 15.4. The highest BCUT2D eigenvalue weighted by atomic mass is 28.4. The zero-order chi connectivity index (χ0) is 28.7. The molecular weight excluding hydrogens is 499 g/mol. The third kappa shape index (κ3) is 6.98. The first-order valence-electron chi connectivity index (χ1n) is 15.7. The molecule has 0 saturated heterocycles. The molecule has 0 spiro atoms. The first-order chi connectivity index (χ1) is 17.3. The molecule has 0 heterocycles. The predicted octanol–water partition coefficient (Wildman–Crippen LogP) is 9.62. The molecule has 0 amide bonds. The Labute approximate surface area is 239 Å². The van der Waals surface area contributed by atoms with Crippen molar-refractivity contribution in [3.05, 3.63) is 23.3 Å². The summed E-state index contributed by atoms with van der Waals surface area (Å²) < 4.78 is 14.1. The van der Waals surface area contributed by atoms with Crippen LogP contribution in [0, 0.1) is 23.2 Å². The molecule has 0 aliphatic heterocycles. The summed E-state index contributed by atoms with van der Waals surface area (Å²) in [4.78, 5) is 0. The van der Waals surface area contributed by atoms with Crippen LogP contribution in [0.2, 0.25) is 36.3 Å². The fourth-order valence-electron chi connectivity index (χ4n) is 7.23. The Morgan fingerprint density at radius 1 is 0.921 bits per heavy atom. The third-order valence-corrected chi connectivity index (χ3v) is 20.7. The zero-order valence-electron chi connectivity index (χ0n) is 27.3. The van der Waals surface area contributed by atoms with Crippen molar-refractivity contribution in [1.82, 2.24) is 0 Å². The second-order valence-electron chi connectivity index (χ2n) is 16.5. The second kappa shape index (κ2) is 11.6. The molecule has 3 saturated carbocycles. The number of nitrogens with two attached hydrogens (primary N) is 1. The van der Waals surface area contributed by atoms with Gasteiger partial charge in [0.2, 0.25) is 0 Å². The summed E-state index contributed by atoms with van der Waals surface area (Å²) in [5.74, 6) is 2.13. The maximum Gasteiger partial charge on any atom is 0.192 e. The molecule has 220 valence electrons. The van der Waals surface area contributed by atoms with Gasteiger partial charge in [0.1, 0.15) is 0 Å². The molecule has 3 aliphatic carbocycles. The monoisotopic (exact) mass is 561 g/mol. The highest BCUT2D eigenvalue weighted by Gasteiger charge is 2.50. The summed E-state index contributed by atoms with van der Waals surface area (Å²) in [6, 6.07) is 0. The van der Waals surface area contributed by atoms with Gasteiger partial charge in [-0.1, -0.05) is 78.7 Å². The van der Waals surface area contributed by atoms with E-state index in [0.717, 1.165) is 37.6 Å². The Hall–Kier alpha value is -0.206. The molecule has 0 aromatic rings. The van der Waals surface area contributed by atoms with Gasteiger partial charge in [-0.05, 0) is 117 Å². The van der Waals surface area contributed by atoms with E-state index in [9.17, 15) is 0 Å². The normalized spacial score (nSPS) is 33.4. The fraction of sp³-hybridized carbons (Fsp3) is 0.879. The maximum absolute atomic E-state index is 7.03. The molecule has 0 aromatic heterocycles. The van der Waals surface area contributed by atoms with Crippen molar-refractivity contribution in [2.45, 2.75) is 155 Å². The first kappa shape index (κ1) is 32.3. The van der Waals surface area contributed by atoms with Gasteiger partial charge >= 0.3 is 0 Å². The molecule has 2 N–H and O–H groups in total. The van der Waals surface area contributed by atoms with Gasteiger partial charge in [-0.2, -0.15) is 0 Å². The number of rotatable bonds is 7. The van der Waals surface area contributed by atoms with Crippen molar-refractivity contribution in [1.29, 1.82) is 0 Å². The number of fused-ring (bicyclic) bond motifs is 1. The first-order valence-corrected chi connectivity index (χ1v) is 21.6. The highest BCUT2D eigenvalue weighted by Crippen LogP contribution is 2.59. The van der Waals surface area contributed by atoms with Gasteiger partial charge in [0, 0.05) is 0 Å². The molecule has 1 unspecified atom stereocenters. The molecular formula is C33H63NO2Si2. The Kier molecular flexibility index (Phi) is 9.85. The molecule has 0 aromatic carbocycles. The average Bonchev–Trinajstić information content (AvgIpc) is 3.12. The number of allylic oxidation sites excluding steroid dienone is 3. The van der Waals surface area contributed by atoms with Gasteiger partial charge in [-0.25, -0.2) is 0 Å². The van der Waals surface area contributed by atoms with Crippen LogP contribution in [0.3, 0.4) is 0 Å². The Morgan fingerprint density at radius 2 is 1.45 bits per heavy atom. The molecule has 3 nitrogen and oxygen atoms in total. The molecule has 3 fully saturated rings. The van der Waals surface area contributed by atoms with E-state index >= 15 is 0 Å². The van der Waals surface area contributed by atoms with Crippen LogP contribution in [0.4, 0.5) is 0 Å². The van der Waals surface area contributed by atoms with Gasteiger partial charge in [-0.3, -0.25) is 0 Å². The number of hydrogen-bond donors (Lipinski definition) is 1. The largest absolute Gasteiger partial charge is 0.414 e. The van der Waals surface area contributed by atoms with E-state index in [-0.39, 0.29) is 22.3 Å². The predicted molar refractivity (Wildman–Crippen MR) is 171 cm³/mol. The van der Waals surface area contributed by atoms with Crippen LogP contribution >= 0.6 is 0 Å². The van der Waals surface area contributed by atoms with Crippen molar-refractivity contribution in [3.8, 4) is 0 Å². The molecule has 0 bridgehead atoms. The summed E-state index contributed by atoms with van der Waals surface area (Å²) in [7, 11) is -3.70. The second-order valence-corrected chi connectivity index (χ2v) is 26.0. The van der Waals surface area contributed by atoms with E-state index in [0.29, 0.717) is 11.3 Å². The van der Waals surface area contributed by atoms with E-state index in [1.165, 1.54) is 37.7 Å². The lowest BCUT2D eigenvalue weighted by atomic mass is 9.61. The van der Waals surface area contributed by atoms with Crippen LogP contribution in [-0.2, 0) is 8.85 Å². The average molecular weight is 562 g/mol.